The number of nitrogens with one attached hydrogen (secondary N) is 2. The zero-order valence-corrected chi connectivity index (χ0v) is 18.2. The van der Waals surface area contributed by atoms with E-state index in [-0.39, 0.29) is 0 Å². The van der Waals surface area contributed by atoms with Crippen LogP contribution < -0.4 is 10.6 Å². The number of piperidine rings is 1. The van der Waals surface area contributed by atoms with Crippen LogP contribution in [-0.2, 0) is 13.1 Å². The summed E-state index contributed by atoms with van der Waals surface area (Å²) in [6.45, 7) is 9.51. The van der Waals surface area contributed by atoms with E-state index in [1.165, 1.54) is 30.0 Å². The van der Waals surface area contributed by atoms with Crippen LogP contribution >= 0.6 is 22.7 Å². The lowest BCUT2D eigenvalue weighted by atomic mass is 9.98. The predicted molar refractivity (Wildman–Crippen MR) is 117 cm³/mol. The lowest BCUT2D eigenvalue weighted by Crippen LogP contribution is -2.44. The normalized spacial score (nSPS) is 18.8. The molecule has 7 heteroatoms. The van der Waals surface area contributed by atoms with Crippen LogP contribution in [0.25, 0.3) is 0 Å². The minimum absolute atomic E-state index is 0.482. The van der Waals surface area contributed by atoms with Gasteiger partial charge in [0.2, 0.25) is 0 Å². The molecule has 1 aliphatic heterocycles. The van der Waals surface area contributed by atoms with Crippen molar-refractivity contribution in [2.24, 2.45) is 10.9 Å². The van der Waals surface area contributed by atoms with Gasteiger partial charge in [-0.15, -0.1) is 22.7 Å². The molecule has 0 spiro atoms. The third-order valence-corrected chi connectivity index (χ3v) is 6.64. The van der Waals surface area contributed by atoms with Crippen molar-refractivity contribution in [1.29, 1.82) is 0 Å². The molecule has 2 aromatic rings. The minimum atomic E-state index is 0.482. The highest BCUT2D eigenvalue weighted by atomic mass is 32.1. The summed E-state index contributed by atoms with van der Waals surface area (Å²) < 4.78 is 0. The Morgan fingerprint density at radius 1 is 1.37 bits per heavy atom. The second-order valence-electron chi connectivity index (χ2n) is 7.45. The van der Waals surface area contributed by atoms with Gasteiger partial charge in [0.1, 0.15) is 5.01 Å². The molecule has 1 fully saturated rings. The molecular formula is C20H31N5S2. The van der Waals surface area contributed by atoms with E-state index in [0.29, 0.717) is 11.8 Å². The Morgan fingerprint density at radius 3 is 2.96 bits per heavy atom. The van der Waals surface area contributed by atoms with Crippen LogP contribution in [-0.4, -0.2) is 42.5 Å². The van der Waals surface area contributed by atoms with Gasteiger partial charge >= 0.3 is 0 Å². The molecular weight excluding hydrogens is 374 g/mol. The maximum atomic E-state index is 4.68. The Kier molecular flexibility index (Phi) is 7.67. The second kappa shape index (κ2) is 10.2. The van der Waals surface area contributed by atoms with E-state index < -0.39 is 0 Å². The fraction of sp³-hybridized carbons (Fsp3) is 0.600. The second-order valence-corrected chi connectivity index (χ2v) is 9.43. The molecule has 0 saturated carbocycles. The number of rotatable bonds is 7. The van der Waals surface area contributed by atoms with E-state index >= 15 is 0 Å². The third kappa shape index (κ3) is 6.30. The van der Waals surface area contributed by atoms with Gasteiger partial charge in [-0.3, -0.25) is 9.89 Å². The average molecular weight is 406 g/mol. The lowest BCUT2D eigenvalue weighted by Gasteiger charge is -2.32. The highest BCUT2D eigenvalue weighted by Gasteiger charge is 2.20. The van der Waals surface area contributed by atoms with E-state index in [9.17, 15) is 0 Å². The number of hydrogen-bond acceptors (Lipinski definition) is 5. The quantitative estimate of drug-likeness (QED) is 0.542. The number of guanidine groups is 1. The van der Waals surface area contributed by atoms with Crippen molar-refractivity contribution in [1.82, 2.24) is 20.5 Å². The third-order valence-electron chi connectivity index (χ3n) is 4.91. The van der Waals surface area contributed by atoms with Crippen molar-refractivity contribution >= 4 is 28.6 Å². The molecule has 3 heterocycles. The van der Waals surface area contributed by atoms with Crippen molar-refractivity contribution in [3.8, 4) is 0 Å². The van der Waals surface area contributed by atoms with Gasteiger partial charge in [-0.05, 0) is 42.7 Å². The Labute approximate surface area is 170 Å². The summed E-state index contributed by atoms with van der Waals surface area (Å²) in [6.07, 6.45) is 2.57. The molecule has 0 aromatic carbocycles. The molecule has 2 N–H and O–H groups in total. The zero-order valence-electron chi connectivity index (χ0n) is 16.6. The first kappa shape index (κ1) is 20.3. The van der Waals surface area contributed by atoms with Gasteiger partial charge in [-0.25, -0.2) is 4.98 Å². The average Bonchev–Trinajstić information content (AvgIpc) is 3.34. The summed E-state index contributed by atoms with van der Waals surface area (Å²) in [7, 11) is 1.83. The summed E-state index contributed by atoms with van der Waals surface area (Å²) in [6, 6.07) is 4.38. The van der Waals surface area contributed by atoms with E-state index in [0.717, 1.165) is 37.1 Å². The summed E-state index contributed by atoms with van der Waals surface area (Å²) in [4.78, 5) is 13.1. The maximum absolute atomic E-state index is 4.68. The van der Waals surface area contributed by atoms with Gasteiger partial charge in [-0.1, -0.05) is 19.9 Å². The van der Waals surface area contributed by atoms with E-state index in [1.807, 2.05) is 18.4 Å². The number of aliphatic imine (C=N–C) groups is 1. The van der Waals surface area contributed by atoms with Crippen molar-refractivity contribution in [2.45, 2.75) is 45.7 Å². The molecule has 5 nitrogen and oxygen atoms in total. The van der Waals surface area contributed by atoms with E-state index in [2.05, 4.69) is 62.3 Å². The molecule has 27 heavy (non-hydrogen) atoms. The van der Waals surface area contributed by atoms with Crippen LogP contribution in [0.3, 0.4) is 0 Å². The molecule has 0 bridgehead atoms. The number of nitrogens with zero attached hydrogens (tertiary/aromatic N) is 3. The largest absolute Gasteiger partial charge is 0.356 e. The summed E-state index contributed by atoms with van der Waals surface area (Å²) >= 11 is 3.57. The smallest absolute Gasteiger partial charge is 0.191 e. The molecule has 1 aliphatic rings. The van der Waals surface area contributed by atoms with Crippen LogP contribution in [0, 0.1) is 5.92 Å². The van der Waals surface area contributed by atoms with Crippen LogP contribution in [0.1, 0.15) is 48.2 Å². The Balaban J connectivity index is 1.41. The fourth-order valence-corrected chi connectivity index (χ4v) is 5.02. The molecule has 0 aliphatic carbocycles. The van der Waals surface area contributed by atoms with Gasteiger partial charge < -0.3 is 10.6 Å². The Bertz CT molecular complexity index is 708. The van der Waals surface area contributed by atoms with Crippen LogP contribution in [0.4, 0.5) is 0 Å². The van der Waals surface area contributed by atoms with Crippen LogP contribution in [0.2, 0.25) is 0 Å². The standard InChI is InChI=1S/C20H31N5S2/c1-15(2)18-14-27-19(24-18)11-23-20(21-3)22-10-16-6-4-8-25(12-16)13-17-7-5-9-26-17/h5,7,9,14-16H,4,6,8,10-13H2,1-3H3,(H2,21,22,23). The van der Waals surface area contributed by atoms with Gasteiger partial charge in [0, 0.05) is 36.9 Å². The SMILES string of the molecule is CN=C(NCc1nc(C(C)C)cs1)NCC1CCCN(Cc2cccs2)C1. The van der Waals surface area contributed by atoms with E-state index in [1.54, 1.807) is 11.3 Å². The van der Waals surface area contributed by atoms with E-state index in [4.69, 9.17) is 0 Å². The van der Waals surface area contributed by atoms with Gasteiger partial charge in [0.05, 0.1) is 12.2 Å². The molecule has 148 valence electrons. The Hall–Kier alpha value is -1.44. The van der Waals surface area contributed by atoms with Crippen molar-refractivity contribution in [3.63, 3.8) is 0 Å². The topological polar surface area (TPSA) is 52.6 Å². The van der Waals surface area contributed by atoms with Crippen LogP contribution in [0.5, 0.6) is 0 Å². The Morgan fingerprint density at radius 2 is 2.26 bits per heavy atom. The van der Waals surface area contributed by atoms with Gasteiger partial charge in [-0.2, -0.15) is 0 Å². The van der Waals surface area contributed by atoms with Crippen molar-refractivity contribution in [2.75, 3.05) is 26.7 Å². The molecule has 2 aromatic heterocycles. The monoisotopic (exact) mass is 405 g/mol. The summed E-state index contributed by atoms with van der Waals surface area (Å²) in [5.41, 5.74) is 1.17. The molecule has 1 atom stereocenters. The molecule has 1 saturated heterocycles. The number of thiophene rings is 1. The number of hydrogen-bond donors (Lipinski definition) is 2. The predicted octanol–water partition coefficient (Wildman–Crippen LogP) is 3.91. The van der Waals surface area contributed by atoms with Crippen molar-refractivity contribution < 1.29 is 0 Å². The summed E-state index contributed by atoms with van der Waals surface area (Å²) in [5, 5.41) is 12.3. The number of thiazole rings is 1. The first-order valence-electron chi connectivity index (χ1n) is 9.77. The first-order chi connectivity index (χ1) is 13.1. The van der Waals surface area contributed by atoms with Crippen LogP contribution in [0.15, 0.2) is 27.9 Å². The number of aromatic nitrogens is 1. The maximum Gasteiger partial charge on any atom is 0.191 e. The lowest BCUT2D eigenvalue weighted by molar-refractivity contribution is 0.169. The van der Waals surface area contributed by atoms with Crippen molar-refractivity contribution in [3.05, 3.63) is 38.5 Å². The molecule has 0 radical (unpaired) electrons. The highest BCUT2D eigenvalue weighted by Crippen LogP contribution is 2.20. The zero-order chi connectivity index (χ0) is 19.1. The fourth-order valence-electron chi connectivity index (χ4n) is 3.38. The highest BCUT2D eigenvalue weighted by molar-refractivity contribution is 7.10. The summed E-state index contributed by atoms with van der Waals surface area (Å²) in [5.74, 6) is 2.02. The molecule has 1 unspecified atom stereocenters. The first-order valence-corrected chi connectivity index (χ1v) is 11.5. The van der Waals surface area contributed by atoms with Gasteiger partial charge in [0.25, 0.3) is 0 Å². The molecule has 0 amide bonds. The minimum Gasteiger partial charge on any atom is -0.356 e. The van der Waals surface area contributed by atoms with Gasteiger partial charge in [0.15, 0.2) is 5.96 Å². The number of likely N-dealkylation sites (tertiary alicyclic amines) is 1. The molecule has 3 rings (SSSR count).